The van der Waals surface area contributed by atoms with Gasteiger partial charge in [0.05, 0.1) is 11.3 Å². The monoisotopic (exact) mass is 453 g/mol. The number of nitrogens with zero attached hydrogens (tertiary/aromatic N) is 5. The fourth-order valence-corrected chi connectivity index (χ4v) is 4.38. The molecule has 0 aliphatic heterocycles. The molecule has 9 heteroatoms. The van der Waals surface area contributed by atoms with Crippen molar-refractivity contribution in [1.82, 2.24) is 24.2 Å². The molecule has 0 aliphatic rings. The van der Waals surface area contributed by atoms with Crippen LogP contribution in [-0.4, -0.2) is 24.2 Å². The second-order valence-electron chi connectivity index (χ2n) is 7.62. The Morgan fingerprint density at radius 1 is 0.938 bits per heavy atom. The van der Waals surface area contributed by atoms with Crippen molar-refractivity contribution < 1.29 is 13.2 Å². The standard InChI is InChI=1S/C23H18F3N5S/c1-14-6-7-17(10-15(14)2)19-12-20-21-27-28-22(30(21)8-9-31(20)29-19)32-13-16-4-3-5-18(11-16)23(24,25)26/h3-12H,13H2,1-2H3. The van der Waals surface area contributed by atoms with Gasteiger partial charge in [-0.3, -0.25) is 4.40 Å². The Morgan fingerprint density at radius 2 is 1.78 bits per heavy atom. The molecular weight excluding hydrogens is 435 g/mol. The molecule has 0 fully saturated rings. The number of rotatable bonds is 4. The lowest BCUT2D eigenvalue weighted by Crippen LogP contribution is -2.04. The molecule has 2 aromatic carbocycles. The summed E-state index contributed by atoms with van der Waals surface area (Å²) in [4.78, 5) is 0. The van der Waals surface area contributed by atoms with Crippen molar-refractivity contribution in [3.8, 4) is 11.3 Å². The molecule has 3 heterocycles. The molecule has 3 aromatic heterocycles. The zero-order chi connectivity index (χ0) is 22.5. The molecule has 0 N–H and O–H groups in total. The van der Waals surface area contributed by atoms with Crippen LogP contribution < -0.4 is 0 Å². The molecule has 162 valence electrons. The third-order valence-corrected chi connectivity index (χ3v) is 6.43. The summed E-state index contributed by atoms with van der Waals surface area (Å²) >= 11 is 1.34. The summed E-state index contributed by atoms with van der Waals surface area (Å²) in [7, 11) is 0. The Labute approximate surface area is 185 Å². The fourth-order valence-electron chi connectivity index (χ4n) is 3.52. The summed E-state index contributed by atoms with van der Waals surface area (Å²) < 4.78 is 42.5. The van der Waals surface area contributed by atoms with Crippen molar-refractivity contribution in [1.29, 1.82) is 0 Å². The van der Waals surface area contributed by atoms with E-state index in [0.29, 0.717) is 22.1 Å². The van der Waals surface area contributed by atoms with Gasteiger partial charge in [0, 0.05) is 23.7 Å². The van der Waals surface area contributed by atoms with E-state index in [1.807, 2.05) is 28.9 Å². The minimum atomic E-state index is -4.36. The Morgan fingerprint density at radius 3 is 2.56 bits per heavy atom. The minimum absolute atomic E-state index is 0.350. The van der Waals surface area contributed by atoms with E-state index in [-0.39, 0.29) is 0 Å². The third kappa shape index (κ3) is 3.73. The number of alkyl halides is 3. The van der Waals surface area contributed by atoms with Crippen molar-refractivity contribution in [2.45, 2.75) is 30.9 Å². The number of aryl methyl sites for hydroxylation is 2. The smallest absolute Gasteiger partial charge is 0.274 e. The molecule has 32 heavy (non-hydrogen) atoms. The van der Waals surface area contributed by atoms with Crippen molar-refractivity contribution >= 4 is 22.9 Å². The minimum Gasteiger partial charge on any atom is -0.274 e. The van der Waals surface area contributed by atoms with Gasteiger partial charge in [-0.25, -0.2) is 4.52 Å². The number of benzene rings is 2. The molecule has 0 unspecified atom stereocenters. The first-order valence-electron chi connectivity index (χ1n) is 9.89. The van der Waals surface area contributed by atoms with Crippen LogP contribution in [-0.2, 0) is 11.9 Å². The predicted octanol–water partition coefficient (Wildman–Crippen LogP) is 5.97. The van der Waals surface area contributed by atoms with Crippen molar-refractivity contribution in [3.63, 3.8) is 0 Å². The van der Waals surface area contributed by atoms with Crippen LogP contribution in [0.25, 0.3) is 22.4 Å². The van der Waals surface area contributed by atoms with E-state index in [1.165, 1.54) is 35.0 Å². The highest BCUT2D eigenvalue weighted by molar-refractivity contribution is 7.98. The van der Waals surface area contributed by atoms with Crippen LogP contribution in [0, 0.1) is 13.8 Å². The van der Waals surface area contributed by atoms with Crippen LogP contribution >= 0.6 is 11.8 Å². The highest BCUT2D eigenvalue weighted by Gasteiger charge is 2.30. The summed E-state index contributed by atoms with van der Waals surface area (Å²) in [5.74, 6) is 0.350. The second kappa shape index (κ2) is 7.67. The lowest BCUT2D eigenvalue weighted by molar-refractivity contribution is -0.137. The molecule has 5 rings (SSSR count). The first-order chi connectivity index (χ1) is 15.3. The van der Waals surface area contributed by atoms with Gasteiger partial charge in [0.1, 0.15) is 5.52 Å². The van der Waals surface area contributed by atoms with E-state index < -0.39 is 11.7 Å². The van der Waals surface area contributed by atoms with Gasteiger partial charge in [-0.1, -0.05) is 42.1 Å². The number of hydrogen-bond donors (Lipinski definition) is 0. The van der Waals surface area contributed by atoms with Gasteiger partial charge in [0.2, 0.25) is 0 Å². The maximum atomic E-state index is 13.0. The molecule has 0 aliphatic carbocycles. The van der Waals surface area contributed by atoms with E-state index in [2.05, 4.69) is 41.3 Å². The van der Waals surface area contributed by atoms with Crippen LogP contribution in [0.3, 0.4) is 0 Å². The highest BCUT2D eigenvalue weighted by Crippen LogP contribution is 2.31. The van der Waals surface area contributed by atoms with Crippen molar-refractivity contribution in [2.75, 3.05) is 0 Å². The second-order valence-corrected chi connectivity index (χ2v) is 8.56. The number of halogens is 3. The van der Waals surface area contributed by atoms with E-state index in [0.717, 1.165) is 22.8 Å². The van der Waals surface area contributed by atoms with Gasteiger partial charge in [-0.15, -0.1) is 10.2 Å². The topological polar surface area (TPSA) is 47.5 Å². The zero-order valence-electron chi connectivity index (χ0n) is 17.3. The Kier molecular flexibility index (Phi) is 4.93. The van der Waals surface area contributed by atoms with Crippen LogP contribution in [0.4, 0.5) is 13.2 Å². The van der Waals surface area contributed by atoms with E-state index in [4.69, 9.17) is 0 Å². The van der Waals surface area contributed by atoms with Crippen molar-refractivity contribution in [3.05, 3.63) is 83.2 Å². The first-order valence-corrected chi connectivity index (χ1v) is 10.9. The van der Waals surface area contributed by atoms with Crippen LogP contribution in [0.15, 0.2) is 66.1 Å². The molecule has 0 spiro atoms. The average molecular weight is 453 g/mol. The van der Waals surface area contributed by atoms with E-state index >= 15 is 0 Å². The van der Waals surface area contributed by atoms with Gasteiger partial charge in [0.25, 0.3) is 0 Å². The first kappa shape index (κ1) is 20.6. The zero-order valence-corrected chi connectivity index (χ0v) is 18.1. The fraction of sp³-hybridized carbons (Fsp3) is 0.174. The summed E-state index contributed by atoms with van der Waals surface area (Å²) in [5.41, 5.74) is 5.64. The maximum Gasteiger partial charge on any atom is 0.416 e. The quantitative estimate of drug-likeness (QED) is 0.315. The normalized spacial score (nSPS) is 12.2. The molecule has 0 bridgehead atoms. The van der Waals surface area contributed by atoms with Crippen LogP contribution in [0.1, 0.15) is 22.3 Å². The van der Waals surface area contributed by atoms with Crippen molar-refractivity contribution in [2.24, 2.45) is 0 Å². The SMILES string of the molecule is Cc1ccc(-c2cc3c4nnc(SCc5cccc(C(F)(F)F)c5)n4ccn3n2)cc1C. The number of aromatic nitrogens is 5. The van der Waals surface area contributed by atoms with Crippen LogP contribution in [0.5, 0.6) is 0 Å². The maximum absolute atomic E-state index is 13.0. The third-order valence-electron chi connectivity index (χ3n) is 5.41. The Hall–Kier alpha value is -3.33. The highest BCUT2D eigenvalue weighted by atomic mass is 32.2. The molecule has 0 amide bonds. The van der Waals surface area contributed by atoms with Gasteiger partial charge in [-0.2, -0.15) is 18.3 Å². The summed E-state index contributed by atoms with van der Waals surface area (Å²) in [6.45, 7) is 4.14. The van der Waals surface area contributed by atoms with Gasteiger partial charge in [0.15, 0.2) is 10.8 Å². The average Bonchev–Trinajstić information content (AvgIpc) is 3.37. The lowest BCUT2D eigenvalue weighted by Gasteiger charge is -2.08. The lowest BCUT2D eigenvalue weighted by atomic mass is 10.0. The molecule has 5 nitrogen and oxygen atoms in total. The largest absolute Gasteiger partial charge is 0.416 e. The van der Waals surface area contributed by atoms with Gasteiger partial charge >= 0.3 is 6.18 Å². The van der Waals surface area contributed by atoms with E-state index in [9.17, 15) is 13.2 Å². The number of thioether (sulfide) groups is 1. The Balaban J connectivity index is 1.45. The van der Waals surface area contributed by atoms with Crippen LogP contribution in [0.2, 0.25) is 0 Å². The molecule has 0 saturated carbocycles. The molecular formula is C23H18F3N5S. The van der Waals surface area contributed by atoms with E-state index in [1.54, 1.807) is 10.6 Å². The predicted molar refractivity (Wildman–Crippen MR) is 118 cm³/mol. The molecule has 0 radical (unpaired) electrons. The summed E-state index contributed by atoms with van der Waals surface area (Å²) in [5, 5.41) is 13.8. The number of hydrogen-bond acceptors (Lipinski definition) is 4. The summed E-state index contributed by atoms with van der Waals surface area (Å²) in [6.07, 6.45) is -0.720. The summed E-state index contributed by atoms with van der Waals surface area (Å²) in [6, 6.07) is 13.5. The Bertz CT molecular complexity index is 1450. The molecule has 0 saturated heterocycles. The van der Waals surface area contributed by atoms with Gasteiger partial charge < -0.3 is 0 Å². The molecule has 5 aromatic rings. The molecule has 0 atom stereocenters. The van der Waals surface area contributed by atoms with Gasteiger partial charge in [-0.05, 0) is 48.7 Å². The number of fused-ring (bicyclic) bond motifs is 3.